The smallest absolute Gasteiger partial charge is 0.322 e. The second-order valence-electron chi connectivity index (χ2n) is 3.14. The number of hydrazine groups is 1. The standard InChI is InChI=1S/C9H17N5OS/c1-4-6(3)16-9-12-7(14-10)11-8(13-9)15-5-2/h6H,4-5,10H2,1-3H3,(H,11,12,13,14). The molecule has 0 radical (unpaired) electrons. The molecular formula is C9H17N5OS. The summed E-state index contributed by atoms with van der Waals surface area (Å²) in [5.41, 5.74) is 2.40. The van der Waals surface area contributed by atoms with Crippen molar-refractivity contribution < 1.29 is 4.74 Å². The number of ether oxygens (including phenoxy) is 1. The van der Waals surface area contributed by atoms with Gasteiger partial charge in [-0.3, -0.25) is 5.43 Å². The van der Waals surface area contributed by atoms with Crippen molar-refractivity contribution in [3.8, 4) is 6.01 Å². The summed E-state index contributed by atoms with van der Waals surface area (Å²) in [6, 6.07) is 0.302. The molecule has 1 aromatic rings. The minimum atomic E-state index is 0.302. The van der Waals surface area contributed by atoms with E-state index in [9.17, 15) is 0 Å². The van der Waals surface area contributed by atoms with Crippen LogP contribution in [0, 0.1) is 0 Å². The fourth-order valence-corrected chi connectivity index (χ4v) is 1.71. The molecule has 16 heavy (non-hydrogen) atoms. The molecular weight excluding hydrogens is 226 g/mol. The molecule has 0 saturated heterocycles. The van der Waals surface area contributed by atoms with E-state index in [4.69, 9.17) is 10.6 Å². The van der Waals surface area contributed by atoms with Gasteiger partial charge < -0.3 is 4.74 Å². The lowest BCUT2D eigenvalue weighted by Crippen LogP contribution is -2.13. The van der Waals surface area contributed by atoms with Gasteiger partial charge in [-0.25, -0.2) is 5.84 Å². The van der Waals surface area contributed by atoms with Crippen molar-refractivity contribution in [1.29, 1.82) is 0 Å². The van der Waals surface area contributed by atoms with Gasteiger partial charge in [-0.05, 0) is 13.3 Å². The summed E-state index contributed by atoms with van der Waals surface area (Å²) >= 11 is 1.58. The summed E-state index contributed by atoms with van der Waals surface area (Å²) in [5, 5.41) is 1.07. The predicted octanol–water partition coefficient (Wildman–Crippen LogP) is 1.45. The molecule has 6 nitrogen and oxygen atoms in total. The zero-order valence-electron chi connectivity index (χ0n) is 9.73. The summed E-state index contributed by atoms with van der Waals surface area (Å²) in [7, 11) is 0. The Hall–Kier alpha value is -1.08. The summed E-state index contributed by atoms with van der Waals surface area (Å²) < 4.78 is 5.23. The highest BCUT2D eigenvalue weighted by Gasteiger charge is 2.09. The normalized spacial score (nSPS) is 12.2. The van der Waals surface area contributed by atoms with Gasteiger partial charge in [0.2, 0.25) is 5.95 Å². The number of rotatable bonds is 6. The molecule has 0 amide bonds. The zero-order valence-corrected chi connectivity index (χ0v) is 10.5. The molecule has 0 aliphatic rings. The van der Waals surface area contributed by atoms with Crippen LogP contribution in [-0.2, 0) is 0 Å². The highest BCUT2D eigenvalue weighted by atomic mass is 32.2. The van der Waals surface area contributed by atoms with Gasteiger partial charge >= 0.3 is 6.01 Å². The molecule has 90 valence electrons. The maximum Gasteiger partial charge on any atom is 0.322 e. The second-order valence-corrected chi connectivity index (χ2v) is 4.54. The fraction of sp³-hybridized carbons (Fsp3) is 0.667. The third kappa shape index (κ3) is 3.82. The van der Waals surface area contributed by atoms with E-state index in [0.717, 1.165) is 6.42 Å². The number of anilines is 1. The molecule has 0 aliphatic heterocycles. The molecule has 1 unspecified atom stereocenters. The summed E-state index contributed by atoms with van der Waals surface area (Å²) in [6.07, 6.45) is 1.05. The lowest BCUT2D eigenvalue weighted by Gasteiger charge is -2.09. The Bertz CT molecular complexity index is 336. The van der Waals surface area contributed by atoms with E-state index in [1.54, 1.807) is 11.8 Å². The Morgan fingerprint density at radius 1 is 1.38 bits per heavy atom. The molecule has 1 rings (SSSR count). The summed E-state index contributed by atoms with van der Waals surface area (Å²) in [4.78, 5) is 12.3. The number of nitrogens with one attached hydrogen (secondary N) is 1. The van der Waals surface area contributed by atoms with Gasteiger partial charge in [0.05, 0.1) is 6.61 Å². The SMILES string of the molecule is CCOc1nc(NN)nc(SC(C)CC)n1. The van der Waals surface area contributed by atoms with E-state index in [2.05, 4.69) is 34.2 Å². The number of aromatic nitrogens is 3. The average molecular weight is 243 g/mol. The van der Waals surface area contributed by atoms with E-state index in [1.165, 1.54) is 0 Å². The first-order chi connectivity index (χ1) is 7.69. The van der Waals surface area contributed by atoms with Gasteiger partial charge in [0.1, 0.15) is 0 Å². The van der Waals surface area contributed by atoms with Crippen LogP contribution in [0.25, 0.3) is 0 Å². The predicted molar refractivity (Wildman–Crippen MR) is 64.4 cm³/mol. The molecule has 0 aromatic carbocycles. The monoisotopic (exact) mass is 243 g/mol. The second kappa shape index (κ2) is 6.49. The number of thioether (sulfide) groups is 1. The van der Waals surface area contributed by atoms with Gasteiger partial charge in [0.25, 0.3) is 0 Å². The minimum absolute atomic E-state index is 0.302. The van der Waals surface area contributed by atoms with Gasteiger partial charge in [-0.1, -0.05) is 25.6 Å². The quantitative estimate of drug-likeness (QED) is 0.444. The highest BCUT2D eigenvalue weighted by Crippen LogP contribution is 2.23. The lowest BCUT2D eigenvalue weighted by molar-refractivity contribution is 0.308. The topological polar surface area (TPSA) is 86.0 Å². The zero-order chi connectivity index (χ0) is 12.0. The lowest BCUT2D eigenvalue weighted by atomic mass is 10.4. The molecule has 1 aromatic heterocycles. The molecule has 0 spiro atoms. The van der Waals surface area contributed by atoms with Crippen LogP contribution in [-0.4, -0.2) is 26.8 Å². The van der Waals surface area contributed by atoms with E-state index in [0.29, 0.717) is 29.0 Å². The van der Waals surface area contributed by atoms with Gasteiger partial charge in [-0.2, -0.15) is 15.0 Å². The van der Waals surface area contributed by atoms with E-state index in [-0.39, 0.29) is 0 Å². The van der Waals surface area contributed by atoms with Crippen LogP contribution >= 0.6 is 11.8 Å². The minimum Gasteiger partial charge on any atom is -0.464 e. The Balaban J connectivity index is 2.85. The van der Waals surface area contributed by atoms with Crippen molar-refractivity contribution >= 4 is 17.7 Å². The first-order valence-electron chi connectivity index (χ1n) is 5.21. The van der Waals surface area contributed by atoms with Crippen molar-refractivity contribution in [2.24, 2.45) is 5.84 Å². The number of nitrogen functional groups attached to an aromatic ring is 1. The van der Waals surface area contributed by atoms with Crippen LogP contribution < -0.4 is 16.0 Å². The average Bonchev–Trinajstić information content (AvgIpc) is 2.29. The Morgan fingerprint density at radius 3 is 2.69 bits per heavy atom. The summed E-state index contributed by atoms with van der Waals surface area (Å²) in [5.74, 6) is 5.60. The number of hydrogen-bond donors (Lipinski definition) is 2. The molecule has 0 saturated carbocycles. The van der Waals surface area contributed by atoms with E-state index < -0.39 is 0 Å². The Kier molecular flexibility index (Phi) is 5.27. The molecule has 0 fully saturated rings. The third-order valence-electron chi connectivity index (χ3n) is 1.88. The summed E-state index contributed by atoms with van der Waals surface area (Å²) in [6.45, 7) is 6.62. The van der Waals surface area contributed by atoms with Crippen LogP contribution in [0.4, 0.5) is 5.95 Å². The van der Waals surface area contributed by atoms with E-state index in [1.807, 2.05) is 6.92 Å². The fourth-order valence-electron chi connectivity index (χ4n) is 0.912. The molecule has 0 bridgehead atoms. The van der Waals surface area contributed by atoms with Crippen LogP contribution in [0.1, 0.15) is 27.2 Å². The molecule has 1 heterocycles. The third-order valence-corrected chi connectivity index (χ3v) is 3.01. The number of nitrogens with two attached hydrogens (primary N) is 1. The van der Waals surface area contributed by atoms with Crippen LogP contribution in [0.5, 0.6) is 6.01 Å². The first-order valence-corrected chi connectivity index (χ1v) is 6.09. The van der Waals surface area contributed by atoms with Gasteiger partial charge in [0, 0.05) is 5.25 Å². The molecule has 0 aliphatic carbocycles. The Morgan fingerprint density at radius 2 is 2.12 bits per heavy atom. The van der Waals surface area contributed by atoms with E-state index >= 15 is 0 Å². The molecule has 7 heteroatoms. The van der Waals surface area contributed by atoms with Gasteiger partial charge in [-0.15, -0.1) is 0 Å². The maximum absolute atomic E-state index is 5.28. The van der Waals surface area contributed by atoms with Crippen LogP contribution in [0.15, 0.2) is 5.16 Å². The van der Waals surface area contributed by atoms with Crippen LogP contribution in [0.2, 0.25) is 0 Å². The number of hydrogen-bond acceptors (Lipinski definition) is 7. The Labute approximate surface area is 99.4 Å². The van der Waals surface area contributed by atoms with Gasteiger partial charge in [0.15, 0.2) is 5.16 Å². The maximum atomic E-state index is 5.28. The molecule has 3 N–H and O–H groups in total. The van der Waals surface area contributed by atoms with Crippen LogP contribution in [0.3, 0.4) is 0 Å². The van der Waals surface area contributed by atoms with Crippen molar-refractivity contribution in [1.82, 2.24) is 15.0 Å². The first kappa shape index (κ1) is 13.0. The van der Waals surface area contributed by atoms with Crippen molar-refractivity contribution in [3.63, 3.8) is 0 Å². The van der Waals surface area contributed by atoms with Crippen molar-refractivity contribution in [2.75, 3.05) is 12.0 Å². The number of nitrogens with zero attached hydrogens (tertiary/aromatic N) is 3. The highest BCUT2D eigenvalue weighted by molar-refractivity contribution is 7.99. The molecule has 1 atom stereocenters. The largest absolute Gasteiger partial charge is 0.464 e. The van der Waals surface area contributed by atoms with Crippen molar-refractivity contribution in [3.05, 3.63) is 0 Å². The van der Waals surface area contributed by atoms with Crippen molar-refractivity contribution in [2.45, 2.75) is 37.6 Å².